The zero-order chi connectivity index (χ0) is 13.4. The van der Waals surface area contributed by atoms with Crippen molar-refractivity contribution in [3.8, 4) is 0 Å². The quantitative estimate of drug-likeness (QED) is 0.675. The van der Waals surface area contributed by atoms with Gasteiger partial charge in [0, 0.05) is 30.8 Å². The molecule has 0 saturated heterocycles. The number of hydrogen-bond acceptors (Lipinski definition) is 3. The van der Waals surface area contributed by atoms with Gasteiger partial charge in [-0.3, -0.25) is 4.79 Å². The highest BCUT2D eigenvalue weighted by molar-refractivity contribution is 5.80. The van der Waals surface area contributed by atoms with E-state index in [1.54, 1.807) is 6.92 Å². The van der Waals surface area contributed by atoms with Crippen molar-refractivity contribution in [3.05, 3.63) is 0 Å². The third-order valence-corrected chi connectivity index (χ3v) is 2.80. The van der Waals surface area contributed by atoms with Crippen LogP contribution in [0.4, 0.5) is 0 Å². The first-order chi connectivity index (χ1) is 7.82. The van der Waals surface area contributed by atoms with Crippen LogP contribution in [0.15, 0.2) is 0 Å². The van der Waals surface area contributed by atoms with E-state index in [-0.39, 0.29) is 17.7 Å². The van der Waals surface area contributed by atoms with Gasteiger partial charge in [-0.15, -0.1) is 0 Å². The Labute approximate surface area is 105 Å². The minimum absolute atomic E-state index is 0.113. The molecule has 3 nitrogen and oxygen atoms in total. The van der Waals surface area contributed by atoms with Gasteiger partial charge in [-0.1, -0.05) is 27.7 Å². The van der Waals surface area contributed by atoms with Gasteiger partial charge in [0.2, 0.25) is 0 Å². The largest absolute Gasteiger partial charge is 0.312 e. The zero-order valence-electron chi connectivity index (χ0n) is 11.9. The van der Waals surface area contributed by atoms with E-state index in [1.165, 1.54) is 0 Å². The lowest BCUT2D eigenvalue weighted by Crippen LogP contribution is -2.35. The fourth-order valence-electron chi connectivity index (χ4n) is 1.77. The summed E-state index contributed by atoms with van der Waals surface area (Å²) in [7, 11) is 0. The summed E-state index contributed by atoms with van der Waals surface area (Å²) in [4.78, 5) is 22.6. The van der Waals surface area contributed by atoms with E-state index in [1.807, 2.05) is 13.8 Å². The second-order valence-electron chi connectivity index (χ2n) is 5.42. The fraction of sp³-hybridized carbons (Fsp3) is 0.857. The van der Waals surface area contributed by atoms with Crippen molar-refractivity contribution in [2.45, 2.75) is 72.4 Å². The second kappa shape index (κ2) is 8.40. The molecule has 0 saturated carbocycles. The van der Waals surface area contributed by atoms with Gasteiger partial charge in [-0.2, -0.15) is 0 Å². The van der Waals surface area contributed by atoms with E-state index >= 15 is 0 Å². The topological polar surface area (TPSA) is 46.2 Å². The van der Waals surface area contributed by atoms with Gasteiger partial charge in [-0.25, -0.2) is 0 Å². The van der Waals surface area contributed by atoms with Gasteiger partial charge in [0.05, 0.1) is 0 Å². The van der Waals surface area contributed by atoms with E-state index in [9.17, 15) is 9.59 Å². The minimum Gasteiger partial charge on any atom is -0.312 e. The summed E-state index contributed by atoms with van der Waals surface area (Å²) in [5.41, 5.74) is 0. The molecule has 0 aromatic rings. The summed E-state index contributed by atoms with van der Waals surface area (Å²) in [5, 5.41) is 3.43. The maximum absolute atomic E-state index is 11.6. The summed E-state index contributed by atoms with van der Waals surface area (Å²) in [6, 6.07) is 0.669. The molecule has 0 aliphatic heterocycles. The number of carbonyl (C=O) groups is 2. The molecule has 0 aromatic heterocycles. The molecule has 100 valence electrons. The Morgan fingerprint density at radius 2 is 1.53 bits per heavy atom. The molecule has 0 aliphatic carbocycles. The Morgan fingerprint density at radius 1 is 1.00 bits per heavy atom. The number of carbonyl (C=O) groups excluding carboxylic acids is 2. The first kappa shape index (κ1) is 16.3. The average molecular weight is 241 g/mol. The van der Waals surface area contributed by atoms with Gasteiger partial charge in [0.25, 0.3) is 0 Å². The van der Waals surface area contributed by atoms with E-state index in [4.69, 9.17) is 0 Å². The Hall–Kier alpha value is -0.700. The van der Waals surface area contributed by atoms with Crippen LogP contribution in [-0.2, 0) is 9.59 Å². The van der Waals surface area contributed by atoms with Gasteiger partial charge in [-0.05, 0) is 19.8 Å². The Balaban J connectivity index is 4.09. The Kier molecular flexibility index (Phi) is 8.05. The normalized spacial score (nSPS) is 13.1. The molecule has 0 fully saturated rings. The van der Waals surface area contributed by atoms with Crippen molar-refractivity contribution in [2.75, 3.05) is 0 Å². The Bertz CT molecular complexity index is 247. The third kappa shape index (κ3) is 9.04. The summed E-state index contributed by atoms with van der Waals surface area (Å²) in [5.74, 6) is 0.640. The van der Waals surface area contributed by atoms with Crippen LogP contribution < -0.4 is 5.32 Å². The molecule has 17 heavy (non-hydrogen) atoms. The predicted octanol–water partition coefficient (Wildman–Crippen LogP) is 2.73. The molecule has 0 aliphatic rings. The van der Waals surface area contributed by atoms with Crippen LogP contribution in [0.1, 0.15) is 60.3 Å². The summed E-state index contributed by atoms with van der Waals surface area (Å²) in [6.07, 6.45) is 2.88. The van der Waals surface area contributed by atoms with Crippen LogP contribution in [-0.4, -0.2) is 23.7 Å². The highest BCUT2D eigenvalue weighted by Crippen LogP contribution is 2.10. The molecule has 0 bridgehead atoms. The van der Waals surface area contributed by atoms with Crippen molar-refractivity contribution in [1.82, 2.24) is 5.32 Å². The van der Waals surface area contributed by atoms with Gasteiger partial charge in [0.1, 0.15) is 11.6 Å². The molecule has 0 rings (SSSR count). The van der Waals surface area contributed by atoms with Gasteiger partial charge in [0.15, 0.2) is 0 Å². The van der Waals surface area contributed by atoms with Crippen molar-refractivity contribution >= 4 is 11.6 Å². The van der Waals surface area contributed by atoms with E-state index in [2.05, 4.69) is 19.2 Å². The summed E-state index contributed by atoms with van der Waals surface area (Å²) < 4.78 is 0. The highest BCUT2D eigenvalue weighted by atomic mass is 16.1. The second-order valence-corrected chi connectivity index (χ2v) is 5.42. The van der Waals surface area contributed by atoms with Crippen molar-refractivity contribution in [2.24, 2.45) is 5.92 Å². The molecular weight excluding hydrogens is 214 g/mol. The zero-order valence-corrected chi connectivity index (χ0v) is 11.9. The first-order valence-electron chi connectivity index (χ1n) is 6.61. The predicted molar refractivity (Wildman–Crippen MR) is 71.1 cm³/mol. The molecule has 1 atom stereocenters. The van der Waals surface area contributed by atoms with Crippen molar-refractivity contribution < 1.29 is 9.59 Å². The fourth-order valence-corrected chi connectivity index (χ4v) is 1.77. The molecule has 3 heteroatoms. The van der Waals surface area contributed by atoms with Crippen LogP contribution in [0, 0.1) is 5.92 Å². The first-order valence-corrected chi connectivity index (χ1v) is 6.61. The maximum atomic E-state index is 11.6. The minimum atomic E-state index is 0.113. The van der Waals surface area contributed by atoms with Crippen LogP contribution in [0.5, 0.6) is 0 Å². The number of rotatable bonds is 9. The van der Waals surface area contributed by atoms with Gasteiger partial charge < -0.3 is 10.1 Å². The number of ketones is 2. The standard InChI is InChI=1S/C14H27NO2/c1-10(2)14(17)9-8-13(15-11(3)4)7-6-12(5)16/h10-11,13,15H,6-9H2,1-5H3/t13-/m0/s1. The van der Waals surface area contributed by atoms with Crippen LogP contribution in [0.3, 0.4) is 0 Å². The molecular formula is C14H27NO2. The van der Waals surface area contributed by atoms with Crippen molar-refractivity contribution in [1.29, 1.82) is 0 Å². The lowest BCUT2D eigenvalue weighted by atomic mass is 9.98. The molecule has 0 aromatic carbocycles. The number of Topliss-reactive ketones (excluding diaryl/α,β-unsaturated/α-hetero) is 2. The smallest absolute Gasteiger partial charge is 0.135 e. The maximum Gasteiger partial charge on any atom is 0.135 e. The molecule has 0 amide bonds. The molecule has 0 heterocycles. The SMILES string of the molecule is CC(=O)CC[C@@H](CCC(=O)C(C)C)NC(C)C. The third-order valence-electron chi connectivity index (χ3n) is 2.80. The lowest BCUT2D eigenvalue weighted by Gasteiger charge is -2.21. The van der Waals surface area contributed by atoms with E-state index < -0.39 is 0 Å². The van der Waals surface area contributed by atoms with Crippen LogP contribution >= 0.6 is 0 Å². The average Bonchev–Trinajstić information content (AvgIpc) is 2.20. The molecule has 0 radical (unpaired) electrons. The molecule has 0 spiro atoms. The van der Waals surface area contributed by atoms with Gasteiger partial charge >= 0.3 is 0 Å². The number of nitrogens with one attached hydrogen (secondary N) is 1. The molecule has 1 N–H and O–H groups in total. The van der Waals surface area contributed by atoms with E-state index in [0.29, 0.717) is 24.7 Å². The molecule has 0 unspecified atom stereocenters. The Morgan fingerprint density at radius 3 is 1.94 bits per heavy atom. The van der Waals surface area contributed by atoms with Crippen molar-refractivity contribution in [3.63, 3.8) is 0 Å². The lowest BCUT2D eigenvalue weighted by molar-refractivity contribution is -0.122. The van der Waals surface area contributed by atoms with Crippen LogP contribution in [0.25, 0.3) is 0 Å². The highest BCUT2D eigenvalue weighted by Gasteiger charge is 2.14. The number of hydrogen-bond donors (Lipinski definition) is 1. The van der Waals surface area contributed by atoms with Crippen LogP contribution in [0.2, 0.25) is 0 Å². The van der Waals surface area contributed by atoms with E-state index in [0.717, 1.165) is 12.8 Å². The summed E-state index contributed by atoms with van der Waals surface area (Å²) >= 11 is 0. The summed E-state index contributed by atoms with van der Waals surface area (Å²) in [6.45, 7) is 9.66. The monoisotopic (exact) mass is 241 g/mol.